The lowest BCUT2D eigenvalue weighted by Gasteiger charge is -2.35. The molecule has 20 heavy (non-hydrogen) atoms. The maximum absolute atomic E-state index is 12.7. The number of nitriles is 1. The van der Waals surface area contributed by atoms with Crippen LogP contribution in [-0.4, -0.2) is 24.4 Å². The smallest absolute Gasteiger partial charge is 0.242 e. The van der Waals surface area contributed by atoms with Crippen LogP contribution in [0.3, 0.4) is 0 Å². The van der Waals surface area contributed by atoms with E-state index in [2.05, 4.69) is 6.07 Å². The van der Waals surface area contributed by atoms with Crippen molar-refractivity contribution < 1.29 is 4.79 Å². The number of amides is 1. The van der Waals surface area contributed by atoms with Crippen molar-refractivity contribution in [3.63, 3.8) is 0 Å². The standard InChI is InChI=1S/C17H26N2O/c1-19(11-15-10-13-5-6-14(15)9-13)16(20)17(12-18)7-3-2-4-8-17/h13-15H,2-11H2,1H3. The maximum Gasteiger partial charge on any atom is 0.242 e. The van der Waals surface area contributed by atoms with Crippen LogP contribution < -0.4 is 0 Å². The molecule has 0 spiro atoms. The van der Waals surface area contributed by atoms with Crippen molar-refractivity contribution >= 4 is 5.91 Å². The van der Waals surface area contributed by atoms with Crippen LogP contribution in [0.15, 0.2) is 0 Å². The quantitative estimate of drug-likeness (QED) is 0.792. The Morgan fingerprint density at radius 1 is 1.25 bits per heavy atom. The number of nitrogens with zero attached hydrogens (tertiary/aromatic N) is 2. The van der Waals surface area contributed by atoms with Crippen LogP contribution >= 0.6 is 0 Å². The molecule has 110 valence electrons. The fourth-order valence-corrected chi connectivity index (χ4v) is 4.93. The van der Waals surface area contributed by atoms with E-state index in [1.807, 2.05) is 11.9 Å². The number of hydrogen-bond donors (Lipinski definition) is 0. The van der Waals surface area contributed by atoms with Crippen LogP contribution in [0, 0.1) is 34.5 Å². The molecule has 0 radical (unpaired) electrons. The van der Waals surface area contributed by atoms with Gasteiger partial charge in [0.15, 0.2) is 0 Å². The Bertz CT molecular complexity index is 419. The normalized spacial score (nSPS) is 34.7. The number of rotatable bonds is 3. The van der Waals surface area contributed by atoms with Gasteiger partial charge in [-0.25, -0.2) is 0 Å². The average Bonchev–Trinajstić information content (AvgIpc) is 3.09. The zero-order valence-corrected chi connectivity index (χ0v) is 12.6. The molecule has 3 heteroatoms. The van der Waals surface area contributed by atoms with E-state index in [1.165, 1.54) is 32.1 Å². The minimum Gasteiger partial charge on any atom is -0.344 e. The number of carbonyl (C=O) groups is 1. The van der Waals surface area contributed by atoms with Crippen molar-refractivity contribution in [2.45, 2.75) is 57.8 Å². The van der Waals surface area contributed by atoms with Gasteiger partial charge in [0.05, 0.1) is 6.07 Å². The van der Waals surface area contributed by atoms with Gasteiger partial charge in [0.25, 0.3) is 0 Å². The average molecular weight is 274 g/mol. The van der Waals surface area contributed by atoms with Crippen LogP contribution in [0.4, 0.5) is 0 Å². The van der Waals surface area contributed by atoms with Gasteiger partial charge in [-0.3, -0.25) is 4.79 Å². The summed E-state index contributed by atoms with van der Waals surface area (Å²) in [6.45, 7) is 0.878. The first-order valence-corrected chi connectivity index (χ1v) is 8.31. The first kappa shape index (κ1) is 13.9. The second-order valence-corrected chi connectivity index (χ2v) is 7.38. The van der Waals surface area contributed by atoms with E-state index in [1.54, 1.807) is 0 Å². The molecule has 0 saturated heterocycles. The van der Waals surface area contributed by atoms with E-state index in [0.29, 0.717) is 5.92 Å². The lowest BCUT2D eigenvalue weighted by atomic mass is 9.74. The molecule has 3 atom stereocenters. The minimum absolute atomic E-state index is 0.0995. The third-order valence-corrected chi connectivity index (χ3v) is 6.07. The van der Waals surface area contributed by atoms with E-state index in [4.69, 9.17) is 0 Å². The molecular weight excluding hydrogens is 248 g/mol. The van der Waals surface area contributed by atoms with Crippen LogP contribution in [0.2, 0.25) is 0 Å². The number of hydrogen-bond acceptors (Lipinski definition) is 2. The predicted molar refractivity (Wildman–Crippen MR) is 77.7 cm³/mol. The summed E-state index contributed by atoms with van der Waals surface area (Å²) in [5.74, 6) is 2.57. The first-order chi connectivity index (χ1) is 9.64. The van der Waals surface area contributed by atoms with Gasteiger partial charge < -0.3 is 4.90 Å². The molecule has 0 N–H and O–H groups in total. The Balaban J connectivity index is 1.62. The van der Waals surface area contributed by atoms with Gasteiger partial charge in [0, 0.05) is 13.6 Å². The summed E-state index contributed by atoms with van der Waals surface area (Å²) in [4.78, 5) is 14.6. The van der Waals surface area contributed by atoms with E-state index >= 15 is 0 Å². The van der Waals surface area contributed by atoms with Crippen molar-refractivity contribution in [1.82, 2.24) is 4.90 Å². The third-order valence-electron chi connectivity index (χ3n) is 6.07. The van der Waals surface area contributed by atoms with Gasteiger partial charge in [-0.05, 0) is 49.9 Å². The maximum atomic E-state index is 12.7. The molecule has 3 aliphatic rings. The molecule has 0 heterocycles. The highest BCUT2D eigenvalue weighted by molar-refractivity contribution is 5.85. The highest BCUT2D eigenvalue weighted by Gasteiger charge is 2.44. The Hall–Kier alpha value is -1.04. The molecule has 0 aromatic heterocycles. The molecule has 0 aromatic carbocycles. The first-order valence-electron chi connectivity index (χ1n) is 8.31. The fraction of sp³-hybridized carbons (Fsp3) is 0.882. The zero-order chi connectivity index (χ0) is 14.2. The summed E-state index contributed by atoms with van der Waals surface area (Å²) in [6, 6.07) is 2.37. The summed E-state index contributed by atoms with van der Waals surface area (Å²) in [5, 5.41) is 9.53. The molecule has 3 rings (SSSR count). The van der Waals surface area contributed by atoms with Crippen molar-refractivity contribution in [3.05, 3.63) is 0 Å². The molecular formula is C17H26N2O. The van der Waals surface area contributed by atoms with E-state index in [0.717, 1.165) is 44.1 Å². The van der Waals surface area contributed by atoms with Gasteiger partial charge in [0.1, 0.15) is 5.41 Å². The summed E-state index contributed by atoms with van der Waals surface area (Å²) in [5.41, 5.74) is -0.704. The van der Waals surface area contributed by atoms with Crippen LogP contribution in [0.25, 0.3) is 0 Å². The van der Waals surface area contributed by atoms with E-state index in [-0.39, 0.29) is 5.91 Å². The van der Waals surface area contributed by atoms with Crippen LogP contribution in [-0.2, 0) is 4.79 Å². The topological polar surface area (TPSA) is 44.1 Å². The molecule has 0 aliphatic heterocycles. The molecule has 2 bridgehead atoms. The highest BCUT2D eigenvalue weighted by atomic mass is 16.2. The Morgan fingerprint density at radius 2 is 2.00 bits per heavy atom. The van der Waals surface area contributed by atoms with E-state index in [9.17, 15) is 10.1 Å². The van der Waals surface area contributed by atoms with Crippen LogP contribution in [0.1, 0.15) is 57.8 Å². The van der Waals surface area contributed by atoms with Gasteiger partial charge >= 0.3 is 0 Å². The predicted octanol–water partition coefficient (Wildman–Crippen LogP) is 3.36. The number of carbonyl (C=O) groups excluding carboxylic acids is 1. The second-order valence-electron chi connectivity index (χ2n) is 7.38. The highest BCUT2D eigenvalue weighted by Crippen LogP contribution is 2.48. The summed E-state index contributed by atoms with van der Waals surface area (Å²) < 4.78 is 0. The molecule has 3 aliphatic carbocycles. The Labute approximate surface area is 122 Å². The SMILES string of the molecule is CN(CC1CC2CCC1C2)C(=O)C1(C#N)CCCCC1. The van der Waals surface area contributed by atoms with Gasteiger partial charge in [-0.2, -0.15) is 5.26 Å². The van der Waals surface area contributed by atoms with Crippen molar-refractivity contribution in [2.75, 3.05) is 13.6 Å². The molecule has 3 unspecified atom stereocenters. The zero-order valence-electron chi connectivity index (χ0n) is 12.6. The van der Waals surface area contributed by atoms with Gasteiger partial charge in [-0.1, -0.05) is 25.7 Å². The largest absolute Gasteiger partial charge is 0.344 e. The van der Waals surface area contributed by atoms with Crippen molar-refractivity contribution in [3.8, 4) is 6.07 Å². The fourth-order valence-electron chi connectivity index (χ4n) is 4.93. The summed E-state index contributed by atoms with van der Waals surface area (Å²) in [7, 11) is 1.92. The molecule has 1 amide bonds. The monoisotopic (exact) mass is 274 g/mol. The molecule has 3 fully saturated rings. The molecule has 3 nitrogen and oxygen atoms in total. The molecule has 0 aromatic rings. The number of fused-ring (bicyclic) bond motifs is 2. The Kier molecular flexibility index (Phi) is 3.75. The van der Waals surface area contributed by atoms with Crippen LogP contribution in [0.5, 0.6) is 0 Å². The van der Waals surface area contributed by atoms with Crippen molar-refractivity contribution in [1.29, 1.82) is 5.26 Å². The van der Waals surface area contributed by atoms with Gasteiger partial charge in [0.2, 0.25) is 5.91 Å². The second kappa shape index (κ2) is 5.39. The summed E-state index contributed by atoms with van der Waals surface area (Å²) >= 11 is 0. The third kappa shape index (κ3) is 2.34. The van der Waals surface area contributed by atoms with E-state index < -0.39 is 5.41 Å². The van der Waals surface area contributed by atoms with Crippen molar-refractivity contribution in [2.24, 2.45) is 23.2 Å². The lowest BCUT2D eigenvalue weighted by molar-refractivity contribution is -0.140. The Morgan fingerprint density at radius 3 is 2.55 bits per heavy atom. The lowest BCUT2D eigenvalue weighted by Crippen LogP contribution is -2.44. The summed E-state index contributed by atoms with van der Waals surface area (Å²) in [6.07, 6.45) is 10.2. The van der Waals surface area contributed by atoms with Gasteiger partial charge in [-0.15, -0.1) is 0 Å². The molecule has 3 saturated carbocycles. The minimum atomic E-state index is -0.704.